The van der Waals surface area contributed by atoms with E-state index >= 15 is 0 Å². The molecule has 2 nitrogen and oxygen atoms in total. The summed E-state index contributed by atoms with van der Waals surface area (Å²) in [5, 5.41) is 0. The maximum absolute atomic E-state index is 13.7. The lowest BCUT2D eigenvalue weighted by Crippen LogP contribution is -2.05. The fourth-order valence-electron chi connectivity index (χ4n) is 1.75. The summed E-state index contributed by atoms with van der Waals surface area (Å²) in [6, 6.07) is 11.9. The molecule has 18 heavy (non-hydrogen) atoms. The summed E-state index contributed by atoms with van der Waals surface area (Å²) >= 11 is 0. The molecule has 0 radical (unpaired) electrons. The van der Waals surface area contributed by atoms with E-state index in [1.807, 2.05) is 38.1 Å². The lowest BCUT2D eigenvalue weighted by molar-refractivity contribution is 0.242. The van der Waals surface area contributed by atoms with Gasteiger partial charge in [-0.2, -0.15) is 0 Å². The molecule has 0 unspecified atom stereocenters. The van der Waals surface area contributed by atoms with Crippen LogP contribution >= 0.6 is 0 Å². The average molecular weight is 245 g/mol. The Bertz CT molecular complexity index is 535. The molecular formula is C15H16FNO. The molecule has 0 atom stereocenters. The van der Waals surface area contributed by atoms with Gasteiger partial charge in [-0.25, -0.2) is 4.39 Å². The lowest BCUT2D eigenvalue weighted by Gasteiger charge is -2.10. The van der Waals surface area contributed by atoms with Crippen molar-refractivity contribution in [2.24, 2.45) is 0 Å². The molecule has 0 bridgehead atoms. The second-order valence-electron chi connectivity index (χ2n) is 4.43. The lowest BCUT2D eigenvalue weighted by atomic mass is 10.0. The maximum Gasteiger partial charge on any atom is 0.131 e. The van der Waals surface area contributed by atoms with Gasteiger partial charge in [0.15, 0.2) is 0 Å². The highest BCUT2D eigenvalue weighted by Gasteiger charge is 2.06. The summed E-state index contributed by atoms with van der Waals surface area (Å²) in [6.45, 7) is 3.93. The summed E-state index contributed by atoms with van der Waals surface area (Å²) in [7, 11) is 0. The third kappa shape index (κ3) is 2.80. The number of benzene rings is 2. The first kappa shape index (κ1) is 12.4. The van der Waals surface area contributed by atoms with Crippen molar-refractivity contribution in [3.63, 3.8) is 0 Å². The summed E-state index contributed by atoms with van der Waals surface area (Å²) in [5.74, 6) is 0.500. The Morgan fingerprint density at radius 3 is 2.33 bits per heavy atom. The van der Waals surface area contributed by atoms with E-state index in [1.54, 1.807) is 12.1 Å². The van der Waals surface area contributed by atoms with Crippen LogP contribution in [0, 0.1) is 5.82 Å². The zero-order valence-corrected chi connectivity index (χ0v) is 10.5. The molecule has 2 aromatic carbocycles. The van der Waals surface area contributed by atoms with Crippen molar-refractivity contribution < 1.29 is 9.13 Å². The quantitative estimate of drug-likeness (QED) is 0.833. The summed E-state index contributed by atoms with van der Waals surface area (Å²) in [6.07, 6.45) is 0.125. The van der Waals surface area contributed by atoms with E-state index < -0.39 is 0 Å². The van der Waals surface area contributed by atoms with Crippen LogP contribution in [0.4, 0.5) is 10.1 Å². The van der Waals surface area contributed by atoms with Crippen molar-refractivity contribution in [3.05, 3.63) is 48.3 Å². The van der Waals surface area contributed by atoms with Gasteiger partial charge in [0, 0.05) is 11.3 Å². The van der Waals surface area contributed by atoms with Crippen molar-refractivity contribution >= 4 is 5.69 Å². The van der Waals surface area contributed by atoms with Crippen LogP contribution in [-0.4, -0.2) is 6.10 Å². The van der Waals surface area contributed by atoms with Gasteiger partial charge in [-0.1, -0.05) is 12.1 Å². The minimum absolute atomic E-state index is 0.125. The van der Waals surface area contributed by atoms with Crippen LogP contribution in [0.25, 0.3) is 11.1 Å². The van der Waals surface area contributed by atoms with E-state index in [9.17, 15) is 4.39 Å². The normalized spacial score (nSPS) is 10.7. The Hall–Kier alpha value is -2.03. The van der Waals surface area contributed by atoms with Crippen LogP contribution in [0.3, 0.4) is 0 Å². The average Bonchev–Trinajstić information content (AvgIpc) is 2.33. The predicted octanol–water partition coefficient (Wildman–Crippen LogP) is 3.86. The SMILES string of the molecule is CC(C)Oc1ccc(-c2cc(N)ccc2F)cc1. The Morgan fingerprint density at radius 1 is 1.06 bits per heavy atom. The van der Waals surface area contributed by atoms with Gasteiger partial charge in [-0.05, 0) is 49.7 Å². The molecule has 0 amide bonds. The van der Waals surface area contributed by atoms with Crippen LogP contribution < -0.4 is 10.5 Å². The van der Waals surface area contributed by atoms with E-state index in [-0.39, 0.29) is 11.9 Å². The Labute approximate surface area is 106 Å². The first-order valence-electron chi connectivity index (χ1n) is 5.88. The van der Waals surface area contributed by atoms with Gasteiger partial charge >= 0.3 is 0 Å². The summed E-state index contributed by atoms with van der Waals surface area (Å²) < 4.78 is 19.2. The van der Waals surface area contributed by atoms with Crippen molar-refractivity contribution in [1.82, 2.24) is 0 Å². The molecule has 0 saturated heterocycles. The number of nitrogens with two attached hydrogens (primary N) is 1. The standard InChI is InChI=1S/C15H16FNO/c1-10(2)18-13-6-3-11(4-7-13)14-9-12(17)5-8-15(14)16/h3-10H,17H2,1-2H3. The van der Waals surface area contributed by atoms with Gasteiger partial charge < -0.3 is 10.5 Å². The smallest absolute Gasteiger partial charge is 0.131 e. The van der Waals surface area contributed by atoms with Gasteiger partial charge in [-0.3, -0.25) is 0 Å². The van der Waals surface area contributed by atoms with Crippen molar-refractivity contribution in [2.75, 3.05) is 5.73 Å². The maximum atomic E-state index is 13.7. The molecular weight excluding hydrogens is 229 g/mol. The van der Waals surface area contributed by atoms with E-state index in [1.165, 1.54) is 6.07 Å². The van der Waals surface area contributed by atoms with E-state index in [0.717, 1.165) is 11.3 Å². The zero-order chi connectivity index (χ0) is 13.1. The van der Waals surface area contributed by atoms with Crippen LogP contribution in [-0.2, 0) is 0 Å². The van der Waals surface area contributed by atoms with Gasteiger partial charge in [0.05, 0.1) is 6.10 Å². The Kier molecular flexibility index (Phi) is 3.51. The highest BCUT2D eigenvalue weighted by Crippen LogP contribution is 2.27. The first-order chi connectivity index (χ1) is 8.56. The molecule has 0 fully saturated rings. The third-order valence-corrected chi connectivity index (χ3v) is 2.53. The zero-order valence-electron chi connectivity index (χ0n) is 10.5. The van der Waals surface area contributed by atoms with Gasteiger partial charge in [0.25, 0.3) is 0 Å². The van der Waals surface area contributed by atoms with Crippen LogP contribution in [0.1, 0.15) is 13.8 Å². The second kappa shape index (κ2) is 5.08. The van der Waals surface area contributed by atoms with E-state index in [4.69, 9.17) is 10.5 Å². The van der Waals surface area contributed by atoms with Crippen LogP contribution in [0.5, 0.6) is 5.75 Å². The molecule has 0 aliphatic heterocycles. The number of hydrogen-bond donors (Lipinski definition) is 1. The monoisotopic (exact) mass is 245 g/mol. The Morgan fingerprint density at radius 2 is 1.72 bits per heavy atom. The molecule has 0 saturated carbocycles. The molecule has 0 spiro atoms. The summed E-state index contributed by atoms with van der Waals surface area (Å²) in [4.78, 5) is 0. The van der Waals surface area contributed by atoms with Crippen LogP contribution in [0.15, 0.2) is 42.5 Å². The van der Waals surface area contributed by atoms with E-state index in [0.29, 0.717) is 11.3 Å². The molecule has 3 heteroatoms. The van der Waals surface area contributed by atoms with Gasteiger partial charge in [-0.15, -0.1) is 0 Å². The molecule has 2 N–H and O–H groups in total. The number of hydrogen-bond acceptors (Lipinski definition) is 2. The molecule has 94 valence electrons. The number of nitrogen functional groups attached to an aromatic ring is 1. The summed E-state index contributed by atoms with van der Waals surface area (Å²) in [5.41, 5.74) is 7.51. The number of anilines is 1. The largest absolute Gasteiger partial charge is 0.491 e. The minimum Gasteiger partial charge on any atom is -0.491 e. The predicted molar refractivity (Wildman–Crippen MR) is 72.0 cm³/mol. The van der Waals surface area contributed by atoms with Gasteiger partial charge in [0.1, 0.15) is 11.6 Å². The van der Waals surface area contributed by atoms with Crippen molar-refractivity contribution in [2.45, 2.75) is 20.0 Å². The van der Waals surface area contributed by atoms with E-state index in [2.05, 4.69) is 0 Å². The van der Waals surface area contributed by atoms with Crippen LogP contribution in [0.2, 0.25) is 0 Å². The number of rotatable bonds is 3. The molecule has 0 aliphatic rings. The second-order valence-corrected chi connectivity index (χ2v) is 4.43. The molecule has 0 aliphatic carbocycles. The highest BCUT2D eigenvalue weighted by molar-refractivity contribution is 5.68. The topological polar surface area (TPSA) is 35.2 Å². The van der Waals surface area contributed by atoms with Crippen molar-refractivity contribution in [1.29, 1.82) is 0 Å². The minimum atomic E-state index is -0.276. The number of ether oxygens (including phenoxy) is 1. The third-order valence-electron chi connectivity index (χ3n) is 2.53. The fraction of sp³-hybridized carbons (Fsp3) is 0.200. The first-order valence-corrected chi connectivity index (χ1v) is 5.88. The number of halogens is 1. The Balaban J connectivity index is 2.31. The highest BCUT2D eigenvalue weighted by atomic mass is 19.1. The fourth-order valence-corrected chi connectivity index (χ4v) is 1.75. The molecule has 2 aromatic rings. The molecule has 2 rings (SSSR count). The molecule has 0 heterocycles. The van der Waals surface area contributed by atoms with Gasteiger partial charge in [0.2, 0.25) is 0 Å². The molecule has 0 aromatic heterocycles. The van der Waals surface area contributed by atoms with Crippen molar-refractivity contribution in [3.8, 4) is 16.9 Å².